The van der Waals surface area contributed by atoms with Crippen molar-refractivity contribution in [2.45, 2.75) is 69.7 Å². The van der Waals surface area contributed by atoms with Crippen LogP contribution in [0.4, 0.5) is 0 Å². The molecule has 0 aromatic heterocycles. The summed E-state index contributed by atoms with van der Waals surface area (Å²) in [5.41, 5.74) is -0.0608. The van der Waals surface area contributed by atoms with Gasteiger partial charge in [0.1, 0.15) is 25.1 Å². The lowest BCUT2D eigenvalue weighted by Crippen LogP contribution is -2.53. The molecule has 1 aromatic carbocycles. The Labute approximate surface area is 196 Å². The first-order valence-electron chi connectivity index (χ1n) is 11.2. The van der Waals surface area contributed by atoms with E-state index in [1.807, 2.05) is 58.0 Å². The first-order valence-corrected chi connectivity index (χ1v) is 11.2. The van der Waals surface area contributed by atoms with Crippen molar-refractivity contribution in [3.8, 4) is 11.5 Å². The molecule has 8 heteroatoms. The van der Waals surface area contributed by atoms with E-state index in [4.69, 9.17) is 28.4 Å². The number of para-hydroxylation sites is 1. The van der Waals surface area contributed by atoms with Crippen LogP contribution in [-0.4, -0.2) is 76.1 Å². The molecule has 0 saturated carbocycles. The van der Waals surface area contributed by atoms with Crippen molar-refractivity contribution in [2.24, 2.45) is 0 Å². The number of amides is 1. The van der Waals surface area contributed by atoms with E-state index >= 15 is 0 Å². The topological polar surface area (TPSA) is 75.7 Å². The second-order valence-electron chi connectivity index (χ2n) is 9.43. The zero-order valence-electron chi connectivity index (χ0n) is 20.9. The van der Waals surface area contributed by atoms with Crippen molar-refractivity contribution in [1.29, 1.82) is 0 Å². The molecule has 2 aliphatic rings. The van der Waals surface area contributed by atoms with E-state index in [9.17, 15) is 4.79 Å². The SMILES string of the molecule is COCO[C@@H]1C=C[C@@](CC(=O)N(C)C)(c2cccc(OC)c2OC(C)C)[C@H]2OC(C)(C)O[C@@H]12. The van der Waals surface area contributed by atoms with Crippen LogP contribution in [0.5, 0.6) is 11.5 Å². The summed E-state index contributed by atoms with van der Waals surface area (Å²) in [5.74, 6) is 0.287. The molecule has 1 saturated heterocycles. The van der Waals surface area contributed by atoms with Crippen LogP contribution in [0.1, 0.15) is 39.7 Å². The molecule has 1 aromatic rings. The highest BCUT2D eigenvalue weighted by Crippen LogP contribution is 2.52. The second kappa shape index (κ2) is 10.0. The highest BCUT2D eigenvalue weighted by Gasteiger charge is 2.58. The number of carbonyl (C=O) groups excluding carboxylic acids is 1. The van der Waals surface area contributed by atoms with Gasteiger partial charge in [-0.05, 0) is 33.8 Å². The van der Waals surface area contributed by atoms with Gasteiger partial charge in [0, 0.05) is 33.2 Å². The molecule has 0 unspecified atom stereocenters. The largest absolute Gasteiger partial charge is 0.493 e. The number of rotatable bonds is 9. The fourth-order valence-corrected chi connectivity index (χ4v) is 4.50. The number of fused-ring (bicyclic) bond motifs is 1. The van der Waals surface area contributed by atoms with E-state index in [0.29, 0.717) is 11.5 Å². The molecule has 33 heavy (non-hydrogen) atoms. The normalized spacial score (nSPS) is 28.0. The minimum Gasteiger partial charge on any atom is -0.493 e. The van der Waals surface area contributed by atoms with Crippen LogP contribution in [0.3, 0.4) is 0 Å². The lowest BCUT2D eigenvalue weighted by Gasteiger charge is -2.43. The second-order valence-corrected chi connectivity index (χ2v) is 9.43. The first-order chi connectivity index (χ1) is 15.5. The maximum absolute atomic E-state index is 13.2. The van der Waals surface area contributed by atoms with Crippen LogP contribution in [0.2, 0.25) is 0 Å². The number of methoxy groups -OCH3 is 2. The molecule has 184 valence electrons. The van der Waals surface area contributed by atoms with Crippen LogP contribution in [0.15, 0.2) is 30.4 Å². The smallest absolute Gasteiger partial charge is 0.223 e. The van der Waals surface area contributed by atoms with Crippen LogP contribution < -0.4 is 9.47 Å². The van der Waals surface area contributed by atoms with E-state index in [2.05, 4.69) is 0 Å². The summed E-state index contributed by atoms with van der Waals surface area (Å²) in [7, 11) is 6.68. The summed E-state index contributed by atoms with van der Waals surface area (Å²) in [4.78, 5) is 14.7. The molecule has 1 amide bonds. The summed E-state index contributed by atoms with van der Waals surface area (Å²) < 4.78 is 35.7. The third-order valence-electron chi connectivity index (χ3n) is 5.92. The Hall–Kier alpha value is -2.13. The van der Waals surface area contributed by atoms with Crippen molar-refractivity contribution in [3.05, 3.63) is 35.9 Å². The fraction of sp³-hybridized carbons (Fsp3) is 0.640. The summed E-state index contributed by atoms with van der Waals surface area (Å²) in [6.07, 6.45) is 2.66. The highest BCUT2D eigenvalue weighted by molar-refractivity contribution is 5.79. The lowest BCUT2D eigenvalue weighted by atomic mass is 9.67. The van der Waals surface area contributed by atoms with E-state index in [0.717, 1.165) is 5.56 Å². The summed E-state index contributed by atoms with van der Waals surface area (Å²) >= 11 is 0. The van der Waals surface area contributed by atoms with Gasteiger partial charge < -0.3 is 33.3 Å². The first kappa shape index (κ1) is 25.5. The van der Waals surface area contributed by atoms with Gasteiger partial charge in [0.2, 0.25) is 5.91 Å². The predicted octanol–water partition coefficient (Wildman–Crippen LogP) is 3.28. The van der Waals surface area contributed by atoms with Gasteiger partial charge >= 0.3 is 0 Å². The lowest BCUT2D eigenvalue weighted by molar-refractivity contribution is -0.163. The summed E-state index contributed by atoms with van der Waals surface area (Å²) in [6.45, 7) is 7.77. The third kappa shape index (κ3) is 5.19. The molecule has 0 radical (unpaired) electrons. The van der Waals surface area contributed by atoms with Crippen LogP contribution in [-0.2, 0) is 29.2 Å². The summed E-state index contributed by atoms with van der Waals surface area (Å²) in [5, 5.41) is 0. The molecule has 4 atom stereocenters. The van der Waals surface area contributed by atoms with Crippen molar-refractivity contribution in [1.82, 2.24) is 4.90 Å². The molecular weight excluding hydrogens is 426 g/mol. The van der Waals surface area contributed by atoms with Gasteiger partial charge in [-0.2, -0.15) is 0 Å². The number of ether oxygens (including phenoxy) is 6. The molecule has 8 nitrogen and oxygen atoms in total. The van der Waals surface area contributed by atoms with Crippen molar-refractivity contribution >= 4 is 5.91 Å². The zero-order chi connectivity index (χ0) is 24.4. The van der Waals surface area contributed by atoms with Gasteiger partial charge in [-0.3, -0.25) is 4.79 Å². The Morgan fingerprint density at radius 3 is 2.52 bits per heavy atom. The average Bonchev–Trinajstić information content (AvgIpc) is 3.08. The number of hydrogen-bond acceptors (Lipinski definition) is 7. The average molecular weight is 464 g/mol. The van der Waals surface area contributed by atoms with Gasteiger partial charge in [0.25, 0.3) is 0 Å². The fourth-order valence-electron chi connectivity index (χ4n) is 4.50. The Balaban J connectivity index is 2.23. The Morgan fingerprint density at radius 1 is 1.18 bits per heavy atom. The molecule has 0 N–H and O–H groups in total. The van der Waals surface area contributed by atoms with Crippen molar-refractivity contribution in [2.75, 3.05) is 35.1 Å². The van der Waals surface area contributed by atoms with E-state index in [1.165, 1.54) is 0 Å². The maximum Gasteiger partial charge on any atom is 0.223 e. The molecule has 0 spiro atoms. The standard InChI is InChI=1S/C25H37NO7/c1-16(2)31-21-17(10-9-11-18(21)29-8)25(14-20(27)26(5)6)13-12-19(30-15-28-7)22-23(25)33-24(3,4)32-22/h9-13,16,19,22-23H,14-15H2,1-8H3/t19-,22+,23+,25-/m1/s1. The molecule has 0 bridgehead atoms. The molecule has 1 heterocycles. The zero-order valence-corrected chi connectivity index (χ0v) is 20.9. The maximum atomic E-state index is 13.2. The van der Waals surface area contributed by atoms with Crippen LogP contribution in [0.25, 0.3) is 0 Å². The van der Waals surface area contributed by atoms with E-state index < -0.39 is 23.4 Å². The molecule has 1 aliphatic carbocycles. The van der Waals surface area contributed by atoms with Crippen LogP contribution in [0, 0.1) is 0 Å². The molecule has 1 fully saturated rings. The van der Waals surface area contributed by atoms with Gasteiger partial charge in [-0.1, -0.05) is 24.3 Å². The number of benzene rings is 1. The Bertz CT molecular complexity index is 866. The highest BCUT2D eigenvalue weighted by atomic mass is 16.8. The van der Waals surface area contributed by atoms with Crippen LogP contribution >= 0.6 is 0 Å². The van der Waals surface area contributed by atoms with Crippen molar-refractivity contribution in [3.63, 3.8) is 0 Å². The molecule has 1 aliphatic heterocycles. The monoisotopic (exact) mass is 463 g/mol. The minimum atomic E-state index is -0.870. The predicted molar refractivity (Wildman–Crippen MR) is 123 cm³/mol. The van der Waals surface area contributed by atoms with Gasteiger partial charge in [0.15, 0.2) is 17.3 Å². The summed E-state index contributed by atoms with van der Waals surface area (Å²) in [6, 6.07) is 5.73. The Morgan fingerprint density at radius 2 is 1.91 bits per heavy atom. The number of nitrogens with zero attached hydrogens (tertiary/aromatic N) is 1. The van der Waals surface area contributed by atoms with Gasteiger partial charge in [0.05, 0.1) is 18.6 Å². The molecular formula is C25H37NO7. The number of carbonyl (C=O) groups is 1. The quantitative estimate of drug-likeness (QED) is 0.411. The van der Waals surface area contributed by atoms with E-state index in [-0.39, 0.29) is 31.3 Å². The Kier molecular flexibility index (Phi) is 7.73. The van der Waals surface area contributed by atoms with E-state index in [1.54, 1.807) is 33.2 Å². The minimum absolute atomic E-state index is 0.0405. The number of hydrogen-bond donors (Lipinski definition) is 0. The van der Waals surface area contributed by atoms with Crippen molar-refractivity contribution < 1.29 is 33.2 Å². The molecule has 3 rings (SSSR count). The third-order valence-corrected chi connectivity index (χ3v) is 5.92. The van der Waals surface area contributed by atoms with Gasteiger partial charge in [-0.25, -0.2) is 0 Å². The van der Waals surface area contributed by atoms with Gasteiger partial charge in [-0.15, -0.1) is 0 Å².